The van der Waals surface area contributed by atoms with E-state index in [2.05, 4.69) is 32.9 Å². The normalized spacial score (nSPS) is 13.2. The van der Waals surface area contributed by atoms with E-state index in [1.54, 1.807) is 0 Å². The molecule has 78 valence electrons. The van der Waals surface area contributed by atoms with Crippen molar-refractivity contribution in [2.45, 2.75) is 39.7 Å². The van der Waals surface area contributed by atoms with Crippen molar-refractivity contribution in [3.05, 3.63) is 35.4 Å². The highest BCUT2D eigenvalue weighted by molar-refractivity contribution is 5.23. The zero-order valence-corrected chi connectivity index (χ0v) is 9.33. The first-order chi connectivity index (χ1) is 6.59. The van der Waals surface area contributed by atoms with Gasteiger partial charge in [0.05, 0.1) is 6.10 Å². The largest absolute Gasteiger partial charge is 0.388 e. The van der Waals surface area contributed by atoms with Crippen molar-refractivity contribution < 1.29 is 5.11 Å². The fourth-order valence-corrected chi connectivity index (χ4v) is 1.54. The summed E-state index contributed by atoms with van der Waals surface area (Å²) in [5.41, 5.74) is 2.26. The van der Waals surface area contributed by atoms with Crippen LogP contribution in [0, 0.1) is 12.8 Å². The minimum Gasteiger partial charge on any atom is -0.388 e. The van der Waals surface area contributed by atoms with Crippen LogP contribution in [-0.4, -0.2) is 5.11 Å². The van der Waals surface area contributed by atoms with Crippen LogP contribution in [0.4, 0.5) is 0 Å². The lowest BCUT2D eigenvalue weighted by molar-refractivity contribution is 0.159. The van der Waals surface area contributed by atoms with Crippen LogP contribution in [0.25, 0.3) is 0 Å². The monoisotopic (exact) mass is 192 g/mol. The van der Waals surface area contributed by atoms with E-state index in [0.29, 0.717) is 5.92 Å². The maximum atomic E-state index is 9.89. The minimum absolute atomic E-state index is 0.294. The first kappa shape index (κ1) is 11.3. The van der Waals surface area contributed by atoms with E-state index in [0.717, 1.165) is 18.4 Å². The van der Waals surface area contributed by atoms with Crippen molar-refractivity contribution in [2.75, 3.05) is 0 Å². The van der Waals surface area contributed by atoms with E-state index in [1.165, 1.54) is 5.56 Å². The summed E-state index contributed by atoms with van der Waals surface area (Å²) in [4.78, 5) is 0. The number of benzene rings is 1. The fraction of sp³-hybridized carbons (Fsp3) is 0.538. The summed E-state index contributed by atoms with van der Waals surface area (Å²) in [5.74, 6) is 0.662. The van der Waals surface area contributed by atoms with E-state index in [-0.39, 0.29) is 6.10 Å². The molecule has 1 heteroatoms. The molecule has 1 aromatic carbocycles. The molecule has 0 bridgehead atoms. The zero-order chi connectivity index (χ0) is 10.6. The highest BCUT2D eigenvalue weighted by Gasteiger charge is 2.07. The van der Waals surface area contributed by atoms with Gasteiger partial charge in [0.2, 0.25) is 0 Å². The molecule has 1 rings (SSSR count). The van der Waals surface area contributed by atoms with Gasteiger partial charge in [-0.1, -0.05) is 43.7 Å². The van der Waals surface area contributed by atoms with E-state index in [9.17, 15) is 5.11 Å². The van der Waals surface area contributed by atoms with Crippen LogP contribution in [0.1, 0.15) is 43.9 Å². The fourth-order valence-electron chi connectivity index (χ4n) is 1.54. The summed E-state index contributed by atoms with van der Waals surface area (Å²) in [6, 6.07) is 8.12. The Kier molecular flexibility index (Phi) is 4.15. The minimum atomic E-state index is -0.294. The lowest BCUT2D eigenvalue weighted by Gasteiger charge is -2.12. The van der Waals surface area contributed by atoms with Gasteiger partial charge < -0.3 is 5.11 Å². The highest BCUT2D eigenvalue weighted by Crippen LogP contribution is 2.21. The molecule has 0 aliphatic carbocycles. The zero-order valence-electron chi connectivity index (χ0n) is 9.33. The third kappa shape index (κ3) is 3.51. The summed E-state index contributed by atoms with van der Waals surface area (Å²) in [7, 11) is 0. The molecular weight excluding hydrogens is 172 g/mol. The number of aliphatic hydroxyl groups excluding tert-OH is 1. The SMILES string of the molecule is Cc1cccc(C(O)CCC(C)C)c1. The molecule has 0 heterocycles. The number of aryl methyl sites for hydroxylation is 1. The van der Waals surface area contributed by atoms with Crippen molar-refractivity contribution in [1.29, 1.82) is 0 Å². The summed E-state index contributed by atoms with van der Waals surface area (Å²) < 4.78 is 0. The Morgan fingerprint density at radius 3 is 2.50 bits per heavy atom. The molecule has 1 aromatic rings. The van der Waals surface area contributed by atoms with Gasteiger partial charge >= 0.3 is 0 Å². The molecule has 0 saturated heterocycles. The Morgan fingerprint density at radius 1 is 1.21 bits per heavy atom. The summed E-state index contributed by atoms with van der Waals surface area (Å²) in [6.45, 7) is 6.42. The molecule has 0 radical (unpaired) electrons. The quantitative estimate of drug-likeness (QED) is 0.774. The molecule has 1 unspecified atom stereocenters. The van der Waals surface area contributed by atoms with Crippen molar-refractivity contribution in [3.8, 4) is 0 Å². The van der Waals surface area contributed by atoms with Crippen LogP contribution in [0.5, 0.6) is 0 Å². The Labute approximate surface area is 86.8 Å². The van der Waals surface area contributed by atoms with Gasteiger partial charge in [-0.3, -0.25) is 0 Å². The number of aliphatic hydroxyl groups is 1. The molecule has 0 aliphatic heterocycles. The van der Waals surface area contributed by atoms with Gasteiger partial charge in [-0.15, -0.1) is 0 Å². The van der Waals surface area contributed by atoms with Gasteiger partial charge in [-0.05, 0) is 31.2 Å². The van der Waals surface area contributed by atoms with Crippen LogP contribution in [0.15, 0.2) is 24.3 Å². The predicted molar refractivity (Wildman–Crippen MR) is 60.2 cm³/mol. The Balaban J connectivity index is 2.56. The first-order valence-corrected chi connectivity index (χ1v) is 5.34. The summed E-state index contributed by atoms with van der Waals surface area (Å²) in [5, 5.41) is 9.89. The maximum Gasteiger partial charge on any atom is 0.0790 e. The van der Waals surface area contributed by atoms with Crippen LogP contribution in [-0.2, 0) is 0 Å². The molecule has 0 aromatic heterocycles. The van der Waals surface area contributed by atoms with E-state index < -0.39 is 0 Å². The molecule has 0 saturated carbocycles. The van der Waals surface area contributed by atoms with Gasteiger partial charge in [0.15, 0.2) is 0 Å². The van der Waals surface area contributed by atoms with Crippen LogP contribution >= 0.6 is 0 Å². The highest BCUT2D eigenvalue weighted by atomic mass is 16.3. The van der Waals surface area contributed by atoms with Crippen LogP contribution < -0.4 is 0 Å². The van der Waals surface area contributed by atoms with Gasteiger partial charge in [0, 0.05) is 0 Å². The smallest absolute Gasteiger partial charge is 0.0790 e. The topological polar surface area (TPSA) is 20.2 Å². The van der Waals surface area contributed by atoms with Crippen molar-refractivity contribution in [2.24, 2.45) is 5.92 Å². The Bertz CT molecular complexity index is 278. The Hall–Kier alpha value is -0.820. The third-order valence-electron chi connectivity index (χ3n) is 2.44. The Morgan fingerprint density at radius 2 is 1.93 bits per heavy atom. The molecule has 1 atom stereocenters. The molecule has 0 spiro atoms. The standard InChI is InChI=1S/C13H20O/c1-10(2)7-8-13(14)12-6-4-5-11(3)9-12/h4-6,9-10,13-14H,7-8H2,1-3H3. The molecule has 1 nitrogen and oxygen atoms in total. The van der Waals surface area contributed by atoms with E-state index >= 15 is 0 Å². The summed E-state index contributed by atoms with van der Waals surface area (Å²) >= 11 is 0. The lowest BCUT2D eigenvalue weighted by Crippen LogP contribution is -2.00. The number of rotatable bonds is 4. The third-order valence-corrected chi connectivity index (χ3v) is 2.44. The van der Waals surface area contributed by atoms with E-state index in [1.807, 2.05) is 12.1 Å². The lowest BCUT2D eigenvalue weighted by atomic mass is 9.99. The van der Waals surface area contributed by atoms with Crippen molar-refractivity contribution in [3.63, 3.8) is 0 Å². The number of hydrogen-bond donors (Lipinski definition) is 1. The van der Waals surface area contributed by atoms with Crippen LogP contribution in [0.3, 0.4) is 0 Å². The summed E-state index contributed by atoms with van der Waals surface area (Å²) in [6.07, 6.45) is 1.65. The van der Waals surface area contributed by atoms with Gasteiger partial charge in [0.25, 0.3) is 0 Å². The molecule has 0 fully saturated rings. The second kappa shape index (κ2) is 5.16. The van der Waals surface area contributed by atoms with Gasteiger partial charge in [-0.2, -0.15) is 0 Å². The predicted octanol–water partition coefficient (Wildman–Crippen LogP) is 3.46. The van der Waals surface area contributed by atoms with E-state index in [4.69, 9.17) is 0 Å². The maximum absolute atomic E-state index is 9.89. The van der Waals surface area contributed by atoms with Crippen LogP contribution in [0.2, 0.25) is 0 Å². The van der Waals surface area contributed by atoms with Crippen molar-refractivity contribution in [1.82, 2.24) is 0 Å². The molecule has 14 heavy (non-hydrogen) atoms. The first-order valence-electron chi connectivity index (χ1n) is 5.34. The molecule has 0 aliphatic rings. The van der Waals surface area contributed by atoms with Crippen molar-refractivity contribution >= 4 is 0 Å². The van der Waals surface area contributed by atoms with Gasteiger partial charge in [-0.25, -0.2) is 0 Å². The van der Waals surface area contributed by atoms with Gasteiger partial charge in [0.1, 0.15) is 0 Å². The second-order valence-electron chi connectivity index (χ2n) is 4.40. The second-order valence-corrected chi connectivity index (χ2v) is 4.40. The molecular formula is C13H20O. The number of hydrogen-bond acceptors (Lipinski definition) is 1. The molecule has 1 N–H and O–H groups in total. The average molecular weight is 192 g/mol. The molecule has 0 amide bonds. The average Bonchev–Trinajstić information content (AvgIpc) is 2.14.